The van der Waals surface area contributed by atoms with Crippen molar-refractivity contribution in [1.29, 1.82) is 0 Å². The second-order valence-corrected chi connectivity index (χ2v) is 5.81. The summed E-state index contributed by atoms with van der Waals surface area (Å²) in [5.41, 5.74) is 0. The zero-order valence-electron chi connectivity index (χ0n) is 13.1. The summed E-state index contributed by atoms with van der Waals surface area (Å²) >= 11 is 0. The molecule has 1 aromatic carbocycles. The number of benzene rings is 1. The molecule has 0 aromatic heterocycles. The Kier molecular flexibility index (Phi) is 5.48. The van der Waals surface area contributed by atoms with Crippen molar-refractivity contribution < 1.29 is 14.3 Å². The summed E-state index contributed by atoms with van der Waals surface area (Å²) in [6.07, 6.45) is 4.24. The lowest BCUT2D eigenvalue weighted by atomic mass is 9.86. The summed E-state index contributed by atoms with van der Waals surface area (Å²) in [6.45, 7) is 3.99. The van der Waals surface area contributed by atoms with E-state index in [-0.39, 0.29) is 11.9 Å². The molecule has 4 heteroatoms. The van der Waals surface area contributed by atoms with Crippen LogP contribution in [0.5, 0.6) is 11.5 Å². The lowest BCUT2D eigenvalue weighted by Gasteiger charge is -2.30. The quantitative estimate of drug-likeness (QED) is 0.906. The summed E-state index contributed by atoms with van der Waals surface area (Å²) in [4.78, 5) is 12.2. The standard InChI is InChI=1S/C17H25NO3/c1-12-6-4-5-7-16(12)18-17(19)13(2)21-15-10-8-14(20-3)9-11-15/h8-13,16H,4-7H2,1-3H3,(H,18,19). The Labute approximate surface area is 126 Å². The van der Waals surface area contributed by atoms with Crippen molar-refractivity contribution in [2.24, 2.45) is 5.92 Å². The SMILES string of the molecule is COc1ccc(OC(C)C(=O)NC2CCCCC2C)cc1. The van der Waals surface area contributed by atoms with E-state index in [1.165, 1.54) is 19.3 Å². The van der Waals surface area contributed by atoms with Gasteiger partial charge in [-0.05, 0) is 49.9 Å². The van der Waals surface area contributed by atoms with E-state index in [9.17, 15) is 4.79 Å². The molecule has 2 rings (SSSR count). The van der Waals surface area contributed by atoms with E-state index in [0.29, 0.717) is 11.7 Å². The van der Waals surface area contributed by atoms with Crippen LogP contribution >= 0.6 is 0 Å². The van der Waals surface area contributed by atoms with Crippen molar-refractivity contribution in [2.75, 3.05) is 7.11 Å². The molecule has 21 heavy (non-hydrogen) atoms. The maximum atomic E-state index is 12.2. The van der Waals surface area contributed by atoms with Gasteiger partial charge < -0.3 is 14.8 Å². The molecule has 1 saturated carbocycles. The van der Waals surface area contributed by atoms with Crippen molar-refractivity contribution in [1.82, 2.24) is 5.32 Å². The zero-order valence-corrected chi connectivity index (χ0v) is 13.1. The average Bonchev–Trinajstić information content (AvgIpc) is 2.50. The highest BCUT2D eigenvalue weighted by atomic mass is 16.5. The molecule has 1 aliphatic rings. The third-order valence-corrected chi connectivity index (χ3v) is 4.18. The molecule has 1 fully saturated rings. The normalized spacial score (nSPS) is 23.2. The molecule has 3 unspecified atom stereocenters. The molecule has 1 aliphatic carbocycles. The van der Waals surface area contributed by atoms with Gasteiger partial charge in [0.2, 0.25) is 0 Å². The van der Waals surface area contributed by atoms with Crippen LogP contribution < -0.4 is 14.8 Å². The number of methoxy groups -OCH3 is 1. The third-order valence-electron chi connectivity index (χ3n) is 4.18. The van der Waals surface area contributed by atoms with E-state index in [1.807, 2.05) is 24.3 Å². The predicted octanol–water partition coefficient (Wildman–Crippen LogP) is 3.16. The number of rotatable bonds is 5. The molecule has 116 valence electrons. The summed E-state index contributed by atoms with van der Waals surface area (Å²) in [6, 6.07) is 7.55. The fourth-order valence-corrected chi connectivity index (χ4v) is 2.74. The Morgan fingerprint density at radius 3 is 2.43 bits per heavy atom. The first-order chi connectivity index (χ1) is 10.1. The lowest BCUT2D eigenvalue weighted by molar-refractivity contribution is -0.128. The lowest BCUT2D eigenvalue weighted by Crippen LogP contribution is -2.46. The van der Waals surface area contributed by atoms with Gasteiger partial charge in [0.1, 0.15) is 11.5 Å². The van der Waals surface area contributed by atoms with Crippen LogP contribution in [0.25, 0.3) is 0 Å². The number of carbonyl (C=O) groups excluding carboxylic acids is 1. The van der Waals surface area contributed by atoms with Gasteiger partial charge in [-0.25, -0.2) is 0 Å². The Hall–Kier alpha value is -1.71. The summed E-state index contributed by atoms with van der Waals surface area (Å²) in [7, 11) is 1.62. The molecule has 0 aliphatic heterocycles. The van der Waals surface area contributed by atoms with Crippen molar-refractivity contribution in [3.05, 3.63) is 24.3 Å². The molecular weight excluding hydrogens is 266 g/mol. The minimum absolute atomic E-state index is 0.0374. The highest BCUT2D eigenvalue weighted by Gasteiger charge is 2.25. The molecule has 4 nitrogen and oxygen atoms in total. The Balaban J connectivity index is 1.86. The molecule has 0 bridgehead atoms. The van der Waals surface area contributed by atoms with E-state index in [2.05, 4.69) is 12.2 Å². The molecule has 0 heterocycles. The van der Waals surface area contributed by atoms with Gasteiger partial charge in [-0.15, -0.1) is 0 Å². The van der Waals surface area contributed by atoms with E-state index in [1.54, 1.807) is 14.0 Å². The van der Waals surface area contributed by atoms with Gasteiger partial charge in [0, 0.05) is 6.04 Å². The second kappa shape index (κ2) is 7.34. The summed E-state index contributed by atoms with van der Waals surface area (Å²) in [5, 5.41) is 3.12. The van der Waals surface area contributed by atoms with E-state index in [0.717, 1.165) is 12.2 Å². The maximum absolute atomic E-state index is 12.2. The monoisotopic (exact) mass is 291 g/mol. The van der Waals surface area contributed by atoms with Gasteiger partial charge in [-0.3, -0.25) is 4.79 Å². The number of nitrogens with one attached hydrogen (secondary N) is 1. The fraction of sp³-hybridized carbons (Fsp3) is 0.588. The first-order valence-corrected chi connectivity index (χ1v) is 7.71. The summed E-state index contributed by atoms with van der Waals surface area (Å²) in [5.74, 6) is 1.96. The first kappa shape index (κ1) is 15.7. The minimum atomic E-state index is -0.493. The van der Waals surface area contributed by atoms with Gasteiger partial charge in [-0.1, -0.05) is 19.8 Å². The van der Waals surface area contributed by atoms with Gasteiger partial charge in [0.15, 0.2) is 6.10 Å². The highest BCUT2D eigenvalue weighted by molar-refractivity contribution is 5.81. The van der Waals surface area contributed by atoms with Crippen LogP contribution in [-0.4, -0.2) is 25.2 Å². The number of amides is 1. The van der Waals surface area contributed by atoms with E-state index >= 15 is 0 Å². The highest BCUT2D eigenvalue weighted by Crippen LogP contribution is 2.24. The van der Waals surface area contributed by atoms with Gasteiger partial charge in [0.25, 0.3) is 5.91 Å². The molecule has 0 spiro atoms. The van der Waals surface area contributed by atoms with Crippen LogP contribution in [-0.2, 0) is 4.79 Å². The molecule has 3 atom stereocenters. The average molecular weight is 291 g/mol. The number of carbonyl (C=O) groups is 1. The minimum Gasteiger partial charge on any atom is -0.497 e. The topological polar surface area (TPSA) is 47.6 Å². The molecule has 1 N–H and O–H groups in total. The predicted molar refractivity (Wildman–Crippen MR) is 82.6 cm³/mol. The van der Waals surface area contributed by atoms with Crippen molar-refractivity contribution in [3.63, 3.8) is 0 Å². The van der Waals surface area contributed by atoms with Gasteiger partial charge in [-0.2, -0.15) is 0 Å². The van der Waals surface area contributed by atoms with E-state index < -0.39 is 6.10 Å². The van der Waals surface area contributed by atoms with Crippen molar-refractivity contribution >= 4 is 5.91 Å². The molecule has 0 radical (unpaired) electrons. The third kappa shape index (κ3) is 4.38. The van der Waals surface area contributed by atoms with Crippen LogP contribution in [0, 0.1) is 5.92 Å². The van der Waals surface area contributed by atoms with Gasteiger partial charge >= 0.3 is 0 Å². The number of hydrogen-bond donors (Lipinski definition) is 1. The zero-order chi connectivity index (χ0) is 15.2. The molecular formula is C17H25NO3. The Bertz CT molecular complexity index is 458. The number of ether oxygens (including phenoxy) is 2. The Morgan fingerprint density at radius 2 is 1.81 bits per heavy atom. The van der Waals surface area contributed by atoms with Crippen molar-refractivity contribution in [3.8, 4) is 11.5 Å². The van der Waals surface area contributed by atoms with Crippen LogP contribution in [0.3, 0.4) is 0 Å². The maximum Gasteiger partial charge on any atom is 0.261 e. The molecule has 0 saturated heterocycles. The number of hydrogen-bond acceptors (Lipinski definition) is 3. The second-order valence-electron chi connectivity index (χ2n) is 5.81. The van der Waals surface area contributed by atoms with Crippen molar-refractivity contribution in [2.45, 2.75) is 51.7 Å². The van der Waals surface area contributed by atoms with Crippen LogP contribution in [0.2, 0.25) is 0 Å². The van der Waals surface area contributed by atoms with E-state index in [4.69, 9.17) is 9.47 Å². The Morgan fingerprint density at radius 1 is 1.19 bits per heavy atom. The fourth-order valence-electron chi connectivity index (χ4n) is 2.74. The van der Waals surface area contributed by atoms with Gasteiger partial charge in [0.05, 0.1) is 7.11 Å². The molecule has 1 aromatic rings. The van der Waals surface area contributed by atoms with Crippen LogP contribution in [0.1, 0.15) is 39.5 Å². The molecule has 1 amide bonds. The first-order valence-electron chi connectivity index (χ1n) is 7.71. The van der Waals surface area contributed by atoms with Crippen LogP contribution in [0.4, 0.5) is 0 Å². The largest absolute Gasteiger partial charge is 0.497 e. The smallest absolute Gasteiger partial charge is 0.261 e. The van der Waals surface area contributed by atoms with Crippen LogP contribution in [0.15, 0.2) is 24.3 Å². The summed E-state index contributed by atoms with van der Waals surface area (Å²) < 4.78 is 10.8.